The van der Waals surface area contributed by atoms with Crippen molar-refractivity contribution in [3.05, 3.63) is 23.3 Å². The summed E-state index contributed by atoms with van der Waals surface area (Å²) >= 11 is 0. The summed E-state index contributed by atoms with van der Waals surface area (Å²) in [5.74, 6) is 0.927. The van der Waals surface area contributed by atoms with Crippen molar-refractivity contribution in [3.8, 4) is 11.8 Å². The van der Waals surface area contributed by atoms with Crippen molar-refractivity contribution in [1.29, 1.82) is 5.26 Å². The molecule has 19 heavy (non-hydrogen) atoms. The van der Waals surface area contributed by atoms with Gasteiger partial charge in [0, 0.05) is 12.7 Å². The second-order valence-corrected chi connectivity index (χ2v) is 4.82. The Balaban J connectivity index is 3.25. The number of hydrogen-bond acceptors (Lipinski definition) is 3. The van der Waals surface area contributed by atoms with E-state index in [1.54, 1.807) is 14.2 Å². The number of ether oxygens (including phenoxy) is 1. The first kappa shape index (κ1) is 15.0. The molecule has 0 N–H and O–H groups in total. The highest BCUT2D eigenvalue weighted by molar-refractivity contribution is 5.95. The number of methoxy groups -OCH3 is 1. The maximum atomic E-state index is 11.8. The highest BCUT2D eigenvalue weighted by Gasteiger charge is 2.17. The summed E-state index contributed by atoms with van der Waals surface area (Å²) in [6.45, 7) is 6.08. The third-order valence-electron chi connectivity index (χ3n) is 3.14. The highest BCUT2D eigenvalue weighted by Crippen LogP contribution is 2.33. The number of aryl methyl sites for hydroxylation is 1. The van der Waals surface area contributed by atoms with Crippen molar-refractivity contribution >= 4 is 11.6 Å². The predicted molar refractivity (Wildman–Crippen MR) is 75.5 cm³/mol. The quantitative estimate of drug-likeness (QED) is 0.836. The Morgan fingerprint density at radius 3 is 2.58 bits per heavy atom. The van der Waals surface area contributed by atoms with E-state index in [1.807, 2.05) is 25.1 Å². The van der Waals surface area contributed by atoms with E-state index < -0.39 is 0 Å². The van der Waals surface area contributed by atoms with Gasteiger partial charge in [-0.25, -0.2) is 0 Å². The molecule has 0 aliphatic heterocycles. The van der Waals surface area contributed by atoms with Crippen LogP contribution in [0.3, 0.4) is 0 Å². The van der Waals surface area contributed by atoms with E-state index in [0.717, 1.165) is 22.6 Å². The summed E-state index contributed by atoms with van der Waals surface area (Å²) in [5.41, 5.74) is 2.83. The lowest BCUT2D eigenvalue weighted by Gasteiger charge is -2.22. The lowest BCUT2D eigenvalue weighted by atomic mass is 9.98. The number of hydrogen-bond donors (Lipinski definition) is 0. The van der Waals surface area contributed by atoms with Gasteiger partial charge < -0.3 is 9.64 Å². The lowest BCUT2D eigenvalue weighted by molar-refractivity contribution is -0.117. The standard InChI is InChI=1S/C15H20N2O2/c1-10(2)12-9-13(11(3)8-14(12)19-5)17(4)15(18)6-7-16/h8-10H,6H2,1-5H3. The molecule has 1 amide bonds. The van der Waals surface area contributed by atoms with Crippen LogP contribution in [0.25, 0.3) is 0 Å². The van der Waals surface area contributed by atoms with E-state index in [9.17, 15) is 4.79 Å². The van der Waals surface area contributed by atoms with Gasteiger partial charge in [0.25, 0.3) is 0 Å². The smallest absolute Gasteiger partial charge is 0.240 e. The van der Waals surface area contributed by atoms with Gasteiger partial charge in [0.05, 0.1) is 13.2 Å². The van der Waals surface area contributed by atoms with Crippen molar-refractivity contribution < 1.29 is 9.53 Å². The number of nitriles is 1. The molecule has 0 radical (unpaired) electrons. The van der Waals surface area contributed by atoms with Crippen LogP contribution in [0.2, 0.25) is 0 Å². The lowest BCUT2D eigenvalue weighted by Crippen LogP contribution is -2.26. The molecular weight excluding hydrogens is 240 g/mol. The van der Waals surface area contributed by atoms with E-state index in [-0.39, 0.29) is 12.3 Å². The molecule has 0 aliphatic carbocycles. The molecule has 0 atom stereocenters. The van der Waals surface area contributed by atoms with Crippen molar-refractivity contribution in [3.63, 3.8) is 0 Å². The average Bonchev–Trinajstić information content (AvgIpc) is 2.37. The van der Waals surface area contributed by atoms with E-state index in [4.69, 9.17) is 10.00 Å². The van der Waals surface area contributed by atoms with Crippen LogP contribution in [0.15, 0.2) is 12.1 Å². The number of benzene rings is 1. The molecule has 0 spiro atoms. The van der Waals surface area contributed by atoms with Crippen LogP contribution in [-0.2, 0) is 4.79 Å². The van der Waals surface area contributed by atoms with Crippen LogP contribution < -0.4 is 9.64 Å². The van der Waals surface area contributed by atoms with Gasteiger partial charge in [-0.3, -0.25) is 4.79 Å². The van der Waals surface area contributed by atoms with Crippen molar-refractivity contribution in [2.45, 2.75) is 33.1 Å². The Kier molecular flexibility index (Phi) is 4.94. The number of amides is 1. The minimum atomic E-state index is -0.203. The molecule has 4 heteroatoms. The Morgan fingerprint density at radius 1 is 1.47 bits per heavy atom. The van der Waals surface area contributed by atoms with Gasteiger partial charge in [0.15, 0.2) is 0 Å². The second kappa shape index (κ2) is 6.24. The highest BCUT2D eigenvalue weighted by atomic mass is 16.5. The summed E-state index contributed by atoms with van der Waals surface area (Å²) in [5, 5.41) is 8.61. The summed E-state index contributed by atoms with van der Waals surface area (Å²) < 4.78 is 5.37. The first-order valence-corrected chi connectivity index (χ1v) is 6.24. The summed E-state index contributed by atoms with van der Waals surface area (Å²) in [4.78, 5) is 13.3. The average molecular weight is 260 g/mol. The maximum Gasteiger partial charge on any atom is 0.240 e. The zero-order valence-corrected chi connectivity index (χ0v) is 12.2. The first-order valence-electron chi connectivity index (χ1n) is 6.24. The Labute approximate surface area is 114 Å². The zero-order chi connectivity index (χ0) is 14.6. The molecule has 0 aromatic heterocycles. The largest absolute Gasteiger partial charge is 0.496 e. The summed E-state index contributed by atoms with van der Waals surface area (Å²) in [7, 11) is 3.34. The molecule has 0 unspecified atom stereocenters. The fourth-order valence-electron chi connectivity index (χ4n) is 2.00. The SMILES string of the molecule is COc1cc(C)c(N(C)C(=O)CC#N)cc1C(C)C. The minimum Gasteiger partial charge on any atom is -0.496 e. The Hall–Kier alpha value is -2.02. The molecule has 1 rings (SSSR count). The number of carbonyl (C=O) groups is 1. The van der Waals surface area contributed by atoms with Gasteiger partial charge in [0.1, 0.15) is 12.2 Å². The Bertz CT molecular complexity index is 516. The monoisotopic (exact) mass is 260 g/mol. The molecular formula is C15H20N2O2. The fourth-order valence-corrected chi connectivity index (χ4v) is 2.00. The van der Waals surface area contributed by atoms with Crippen molar-refractivity contribution in [1.82, 2.24) is 0 Å². The van der Waals surface area contributed by atoms with Crippen molar-refractivity contribution in [2.75, 3.05) is 19.1 Å². The van der Waals surface area contributed by atoms with Crippen LogP contribution in [0.1, 0.15) is 37.3 Å². The number of nitrogens with zero attached hydrogens (tertiary/aromatic N) is 2. The number of rotatable bonds is 4. The second-order valence-electron chi connectivity index (χ2n) is 4.82. The van der Waals surface area contributed by atoms with E-state index in [1.165, 1.54) is 4.90 Å². The predicted octanol–water partition coefficient (Wildman–Crippen LogP) is 3.00. The topological polar surface area (TPSA) is 53.3 Å². The van der Waals surface area contributed by atoms with Gasteiger partial charge in [-0.2, -0.15) is 5.26 Å². The Morgan fingerprint density at radius 2 is 2.11 bits per heavy atom. The normalized spacial score (nSPS) is 10.2. The van der Waals surface area contributed by atoms with Gasteiger partial charge in [-0.1, -0.05) is 13.8 Å². The molecule has 0 saturated carbocycles. The molecule has 0 heterocycles. The molecule has 102 valence electrons. The van der Waals surface area contributed by atoms with E-state index in [0.29, 0.717) is 5.92 Å². The van der Waals surface area contributed by atoms with E-state index >= 15 is 0 Å². The summed E-state index contributed by atoms with van der Waals surface area (Å²) in [6.07, 6.45) is -0.112. The zero-order valence-electron chi connectivity index (χ0n) is 12.2. The summed E-state index contributed by atoms with van der Waals surface area (Å²) in [6, 6.07) is 5.78. The molecule has 0 fully saturated rings. The third-order valence-corrected chi connectivity index (χ3v) is 3.14. The molecule has 0 bridgehead atoms. The van der Waals surface area contributed by atoms with Gasteiger partial charge in [-0.15, -0.1) is 0 Å². The molecule has 1 aromatic rings. The van der Waals surface area contributed by atoms with Crippen LogP contribution in [-0.4, -0.2) is 20.1 Å². The molecule has 0 aliphatic rings. The van der Waals surface area contributed by atoms with E-state index in [2.05, 4.69) is 13.8 Å². The van der Waals surface area contributed by atoms with Crippen LogP contribution in [0.5, 0.6) is 5.75 Å². The van der Waals surface area contributed by atoms with Gasteiger partial charge in [0.2, 0.25) is 5.91 Å². The van der Waals surface area contributed by atoms with Crippen LogP contribution in [0, 0.1) is 18.3 Å². The molecule has 4 nitrogen and oxygen atoms in total. The number of anilines is 1. The van der Waals surface area contributed by atoms with Gasteiger partial charge in [-0.05, 0) is 36.1 Å². The first-order chi connectivity index (χ1) is 8.92. The maximum absolute atomic E-state index is 11.8. The van der Waals surface area contributed by atoms with Crippen LogP contribution in [0.4, 0.5) is 5.69 Å². The van der Waals surface area contributed by atoms with Crippen molar-refractivity contribution in [2.24, 2.45) is 0 Å². The molecule has 1 aromatic carbocycles. The third kappa shape index (κ3) is 3.25. The van der Waals surface area contributed by atoms with Crippen LogP contribution >= 0.6 is 0 Å². The molecule has 0 saturated heterocycles. The number of carbonyl (C=O) groups excluding carboxylic acids is 1. The van der Waals surface area contributed by atoms with Gasteiger partial charge >= 0.3 is 0 Å². The minimum absolute atomic E-state index is 0.112. The fraction of sp³-hybridized carbons (Fsp3) is 0.467.